The van der Waals surface area contributed by atoms with Crippen molar-refractivity contribution in [2.24, 2.45) is 11.3 Å². The molecule has 2 heterocycles. The summed E-state index contributed by atoms with van der Waals surface area (Å²) in [4.78, 5) is 2.67. The largest absolute Gasteiger partial charge is 0.381 e. The van der Waals surface area contributed by atoms with Gasteiger partial charge in [0.2, 0.25) is 0 Å². The van der Waals surface area contributed by atoms with Gasteiger partial charge in [-0.25, -0.2) is 0 Å². The molecule has 112 valence electrons. The van der Waals surface area contributed by atoms with E-state index in [9.17, 15) is 0 Å². The van der Waals surface area contributed by atoms with Gasteiger partial charge in [-0.1, -0.05) is 20.8 Å². The minimum atomic E-state index is 0.500. The number of nitrogens with zero attached hydrogens (tertiary/aromatic N) is 1. The molecule has 0 saturated carbocycles. The maximum Gasteiger partial charge on any atom is 0.0521 e. The second-order valence-electron chi connectivity index (χ2n) is 7.19. The molecule has 2 fully saturated rings. The van der Waals surface area contributed by atoms with Gasteiger partial charge in [0, 0.05) is 31.7 Å². The number of hydrogen-bond acceptors (Lipinski definition) is 3. The fourth-order valence-electron chi connectivity index (χ4n) is 3.61. The van der Waals surface area contributed by atoms with Gasteiger partial charge in [0.15, 0.2) is 0 Å². The van der Waals surface area contributed by atoms with E-state index in [1.165, 1.54) is 45.3 Å². The number of likely N-dealkylation sites (tertiary alicyclic amines) is 1. The molecule has 2 aliphatic rings. The van der Waals surface area contributed by atoms with E-state index in [0.717, 1.165) is 19.8 Å². The van der Waals surface area contributed by atoms with Gasteiger partial charge in [-0.2, -0.15) is 0 Å². The summed E-state index contributed by atoms with van der Waals surface area (Å²) >= 11 is 0. The summed E-state index contributed by atoms with van der Waals surface area (Å²) in [6, 6.07) is 0.665. The predicted octanol–water partition coefficient (Wildman–Crippen LogP) is 2.51. The highest BCUT2D eigenvalue weighted by Gasteiger charge is 2.31. The molecule has 0 aromatic heterocycles. The summed E-state index contributed by atoms with van der Waals surface area (Å²) in [7, 11) is 0. The Bertz CT molecular complexity index is 267. The van der Waals surface area contributed by atoms with Crippen LogP contribution in [-0.2, 0) is 4.74 Å². The topological polar surface area (TPSA) is 24.5 Å². The van der Waals surface area contributed by atoms with E-state index in [1.807, 2.05) is 0 Å². The van der Waals surface area contributed by atoms with Crippen molar-refractivity contribution >= 4 is 0 Å². The lowest BCUT2D eigenvalue weighted by atomic mass is 9.83. The molecule has 3 nitrogen and oxygen atoms in total. The van der Waals surface area contributed by atoms with Gasteiger partial charge >= 0.3 is 0 Å². The van der Waals surface area contributed by atoms with Gasteiger partial charge in [-0.05, 0) is 44.2 Å². The lowest BCUT2D eigenvalue weighted by molar-refractivity contribution is 0.00430. The quantitative estimate of drug-likeness (QED) is 0.829. The average molecular weight is 268 g/mol. The van der Waals surface area contributed by atoms with Crippen molar-refractivity contribution in [2.45, 2.75) is 52.5 Å². The minimum absolute atomic E-state index is 0.500. The van der Waals surface area contributed by atoms with Crippen LogP contribution in [0.2, 0.25) is 0 Å². The summed E-state index contributed by atoms with van der Waals surface area (Å²) < 4.78 is 5.72. The van der Waals surface area contributed by atoms with E-state index in [4.69, 9.17) is 4.74 Å². The van der Waals surface area contributed by atoms with E-state index in [0.29, 0.717) is 17.4 Å². The number of piperidine rings is 1. The van der Waals surface area contributed by atoms with Gasteiger partial charge in [0.25, 0.3) is 0 Å². The van der Waals surface area contributed by atoms with Gasteiger partial charge in [-0.15, -0.1) is 0 Å². The van der Waals surface area contributed by atoms with Crippen molar-refractivity contribution in [1.29, 1.82) is 0 Å². The molecule has 3 heteroatoms. The molecule has 0 aromatic carbocycles. The van der Waals surface area contributed by atoms with Crippen molar-refractivity contribution < 1.29 is 4.74 Å². The molecule has 0 spiro atoms. The van der Waals surface area contributed by atoms with Crippen molar-refractivity contribution in [3.8, 4) is 0 Å². The summed E-state index contributed by atoms with van der Waals surface area (Å²) in [6.07, 6.45) is 5.14. The molecule has 2 aliphatic heterocycles. The molecule has 0 radical (unpaired) electrons. The number of hydrogen-bond donors (Lipinski definition) is 1. The highest BCUT2D eigenvalue weighted by atomic mass is 16.5. The Hall–Kier alpha value is -0.120. The monoisotopic (exact) mass is 268 g/mol. The first-order chi connectivity index (χ1) is 9.11. The zero-order valence-electron chi connectivity index (χ0n) is 13.1. The Morgan fingerprint density at radius 3 is 2.95 bits per heavy atom. The maximum atomic E-state index is 5.72. The van der Waals surface area contributed by atoms with Crippen LogP contribution in [0.1, 0.15) is 46.5 Å². The van der Waals surface area contributed by atoms with Crippen molar-refractivity contribution in [1.82, 2.24) is 10.2 Å². The lowest BCUT2D eigenvalue weighted by Crippen LogP contribution is -2.50. The van der Waals surface area contributed by atoms with Gasteiger partial charge in [0.05, 0.1) is 6.61 Å². The Balaban J connectivity index is 1.84. The van der Waals surface area contributed by atoms with E-state index in [-0.39, 0.29) is 0 Å². The molecule has 0 aromatic rings. The van der Waals surface area contributed by atoms with Crippen LogP contribution >= 0.6 is 0 Å². The molecule has 0 aliphatic carbocycles. The molecule has 2 rings (SSSR count). The van der Waals surface area contributed by atoms with Crippen molar-refractivity contribution in [3.05, 3.63) is 0 Å². The molecule has 0 amide bonds. The fraction of sp³-hybridized carbons (Fsp3) is 1.00. The average Bonchev–Trinajstić information content (AvgIpc) is 2.36. The van der Waals surface area contributed by atoms with Gasteiger partial charge in [-0.3, -0.25) is 0 Å². The Kier molecular flexibility index (Phi) is 5.67. The third kappa shape index (κ3) is 4.73. The Labute approximate surface area is 119 Å². The zero-order chi connectivity index (χ0) is 13.7. The molecular formula is C16H32N2O. The smallest absolute Gasteiger partial charge is 0.0521 e. The van der Waals surface area contributed by atoms with Crippen LogP contribution in [0.4, 0.5) is 0 Å². The number of rotatable bonds is 5. The molecule has 1 N–H and O–H groups in total. The first-order valence-corrected chi connectivity index (χ1v) is 8.14. The molecule has 2 saturated heterocycles. The van der Waals surface area contributed by atoms with Crippen LogP contribution in [-0.4, -0.2) is 50.3 Å². The highest BCUT2D eigenvalue weighted by molar-refractivity contribution is 4.86. The second kappa shape index (κ2) is 7.05. The van der Waals surface area contributed by atoms with Gasteiger partial charge < -0.3 is 15.0 Å². The van der Waals surface area contributed by atoms with Crippen LogP contribution in [0.25, 0.3) is 0 Å². The molecule has 0 bridgehead atoms. The Morgan fingerprint density at radius 1 is 1.37 bits per heavy atom. The maximum absolute atomic E-state index is 5.72. The van der Waals surface area contributed by atoms with Crippen molar-refractivity contribution in [2.75, 3.05) is 39.4 Å². The summed E-state index contributed by atoms with van der Waals surface area (Å²) in [5, 5.41) is 3.72. The Morgan fingerprint density at radius 2 is 2.21 bits per heavy atom. The molecular weight excluding hydrogens is 236 g/mol. The molecule has 19 heavy (non-hydrogen) atoms. The first kappa shape index (κ1) is 15.3. The number of nitrogens with one attached hydrogen (secondary N) is 1. The summed E-state index contributed by atoms with van der Waals surface area (Å²) in [5.74, 6) is 0.675. The third-order valence-corrected chi connectivity index (χ3v) is 4.60. The third-order valence-electron chi connectivity index (χ3n) is 4.60. The van der Waals surface area contributed by atoms with E-state index >= 15 is 0 Å². The predicted molar refractivity (Wildman–Crippen MR) is 80.5 cm³/mol. The normalized spacial score (nSPS) is 32.4. The highest BCUT2D eigenvalue weighted by Crippen LogP contribution is 2.29. The van der Waals surface area contributed by atoms with Crippen LogP contribution in [0.5, 0.6) is 0 Å². The van der Waals surface area contributed by atoms with E-state index in [2.05, 4.69) is 31.0 Å². The minimum Gasteiger partial charge on any atom is -0.381 e. The van der Waals surface area contributed by atoms with Gasteiger partial charge in [0.1, 0.15) is 0 Å². The molecule has 2 unspecified atom stereocenters. The molecule has 2 atom stereocenters. The summed E-state index contributed by atoms with van der Waals surface area (Å²) in [6.45, 7) is 13.8. The zero-order valence-corrected chi connectivity index (χ0v) is 13.1. The van der Waals surface area contributed by atoms with Crippen LogP contribution in [0.3, 0.4) is 0 Å². The fourth-order valence-corrected chi connectivity index (χ4v) is 3.61. The lowest BCUT2D eigenvalue weighted by Gasteiger charge is -2.42. The second-order valence-corrected chi connectivity index (χ2v) is 7.19. The SMILES string of the molecule is CCCNC1CCOCC1CN1CCCC(C)(C)C1. The van der Waals surface area contributed by atoms with Crippen molar-refractivity contribution in [3.63, 3.8) is 0 Å². The first-order valence-electron chi connectivity index (χ1n) is 8.14. The number of ether oxygens (including phenoxy) is 1. The van der Waals surface area contributed by atoms with E-state index < -0.39 is 0 Å². The standard InChI is InChI=1S/C16H32N2O/c1-4-8-17-15-6-10-19-12-14(15)11-18-9-5-7-16(2,3)13-18/h14-15,17H,4-13H2,1-3H3. The van der Waals surface area contributed by atoms with Crippen LogP contribution < -0.4 is 5.32 Å². The van der Waals surface area contributed by atoms with Crippen LogP contribution in [0.15, 0.2) is 0 Å². The summed E-state index contributed by atoms with van der Waals surface area (Å²) in [5.41, 5.74) is 0.500. The van der Waals surface area contributed by atoms with Crippen LogP contribution in [0, 0.1) is 11.3 Å². The van der Waals surface area contributed by atoms with E-state index in [1.54, 1.807) is 0 Å².